The van der Waals surface area contributed by atoms with Gasteiger partial charge in [-0.25, -0.2) is 9.18 Å². The number of carbonyl (C=O) groups is 1. The van der Waals surface area contributed by atoms with Crippen LogP contribution in [0.4, 0.5) is 4.39 Å². The molecule has 1 N–H and O–H groups in total. The first kappa shape index (κ1) is 16.0. The highest BCUT2D eigenvalue weighted by atomic mass is 19.1. The summed E-state index contributed by atoms with van der Waals surface area (Å²) in [6.45, 7) is 3.30. The second-order valence-electron chi connectivity index (χ2n) is 5.63. The van der Waals surface area contributed by atoms with Crippen molar-refractivity contribution in [2.75, 3.05) is 0 Å². The van der Waals surface area contributed by atoms with Crippen LogP contribution in [-0.4, -0.2) is 10.5 Å². The molecule has 2 atom stereocenters. The summed E-state index contributed by atoms with van der Waals surface area (Å²) in [5.41, 5.74) is 1.36. The number of fused-ring (bicyclic) bond motifs is 1. The van der Waals surface area contributed by atoms with Gasteiger partial charge in [-0.3, -0.25) is 9.36 Å². The maximum absolute atomic E-state index is 13.8. The number of rotatable bonds is 4. The average molecular weight is 328 g/mol. The van der Waals surface area contributed by atoms with E-state index in [1.54, 1.807) is 56.3 Å². The first-order valence-corrected chi connectivity index (χ1v) is 7.64. The number of halogens is 1. The molecule has 124 valence electrons. The van der Waals surface area contributed by atoms with Crippen LogP contribution in [-0.2, 0) is 4.79 Å². The van der Waals surface area contributed by atoms with Gasteiger partial charge in [0, 0.05) is 5.56 Å². The number of carbonyl (C=O) groups excluding carboxylic acids is 1. The molecule has 0 spiro atoms. The Morgan fingerprint density at radius 3 is 2.54 bits per heavy atom. The summed E-state index contributed by atoms with van der Waals surface area (Å²) >= 11 is 0. The fourth-order valence-electron chi connectivity index (χ4n) is 2.71. The first-order chi connectivity index (χ1) is 11.5. The molecule has 0 saturated heterocycles. The topological polar surface area (TPSA) is 64.2 Å². The maximum atomic E-state index is 13.8. The number of oxazole rings is 1. The van der Waals surface area contributed by atoms with Gasteiger partial charge in [0.2, 0.25) is 5.91 Å². The van der Waals surface area contributed by atoms with E-state index in [9.17, 15) is 14.0 Å². The van der Waals surface area contributed by atoms with E-state index < -0.39 is 17.8 Å². The molecule has 0 aliphatic carbocycles. The Bertz CT molecular complexity index is 945. The van der Waals surface area contributed by atoms with Crippen molar-refractivity contribution in [3.05, 3.63) is 70.5 Å². The van der Waals surface area contributed by atoms with Crippen LogP contribution in [0.25, 0.3) is 11.1 Å². The molecule has 3 rings (SSSR count). The average Bonchev–Trinajstić information content (AvgIpc) is 2.90. The first-order valence-electron chi connectivity index (χ1n) is 7.64. The van der Waals surface area contributed by atoms with Gasteiger partial charge < -0.3 is 9.73 Å². The molecule has 1 amide bonds. The van der Waals surface area contributed by atoms with Gasteiger partial charge >= 0.3 is 5.76 Å². The smallest absolute Gasteiger partial charge is 0.408 e. The van der Waals surface area contributed by atoms with Crippen LogP contribution in [0.5, 0.6) is 0 Å². The van der Waals surface area contributed by atoms with Gasteiger partial charge in [-0.1, -0.05) is 30.3 Å². The Hall–Kier alpha value is -2.89. The molecule has 6 heteroatoms. The third-order valence-corrected chi connectivity index (χ3v) is 4.02. The SMILES string of the molecule is CC(NC(=O)C(C)n1c(=O)oc2ccccc21)c1ccccc1F. The summed E-state index contributed by atoms with van der Waals surface area (Å²) in [6.07, 6.45) is 0. The Morgan fingerprint density at radius 1 is 1.12 bits per heavy atom. The Labute approximate surface area is 137 Å². The summed E-state index contributed by atoms with van der Waals surface area (Å²) in [5.74, 6) is -1.37. The van der Waals surface area contributed by atoms with E-state index in [4.69, 9.17) is 4.42 Å². The summed E-state index contributed by atoms with van der Waals surface area (Å²) in [6, 6.07) is 11.8. The quantitative estimate of drug-likeness (QED) is 0.800. The van der Waals surface area contributed by atoms with Crippen molar-refractivity contribution < 1.29 is 13.6 Å². The molecule has 0 fully saturated rings. The van der Waals surface area contributed by atoms with Crippen LogP contribution in [0.1, 0.15) is 31.5 Å². The van der Waals surface area contributed by atoms with E-state index in [2.05, 4.69) is 5.32 Å². The Balaban J connectivity index is 1.86. The Kier molecular flexibility index (Phi) is 4.20. The molecule has 0 aliphatic rings. The number of hydrogen-bond donors (Lipinski definition) is 1. The number of nitrogens with zero attached hydrogens (tertiary/aromatic N) is 1. The van der Waals surface area contributed by atoms with Crippen LogP contribution in [0, 0.1) is 5.82 Å². The van der Waals surface area contributed by atoms with Crippen molar-refractivity contribution in [3.8, 4) is 0 Å². The molecular formula is C18H17FN2O3. The molecule has 1 aromatic heterocycles. The fraction of sp³-hybridized carbons (Fsp3) is 0.222. The number of para-hydroxylation sites is 2. The highest BCUT2D eigenvalue weighted by Crippen LogP contribution is 2.19. The van der Waals surface area contributed by atoms with Crippen molar-refractivity contribution in [1.82, 2.24) is 9.88 Å². The summed E-state index contributed by atoms with van der Waals surface area (Å²) in [4.78, 5) is 24.5. The minimum absolute atomic E-state index is 0.385. The molecular weight excluding hydrogens is 311 g/mol. The number of amides is 1. The van der Waals surface area contributed by atoms with Gasteiger partial charge in [0.25, 0.3) is 0 Å². The highest BCUT2D eigenvalue weighted by Gasteiger charge is 2.23. The van der Waals surface area contributed by atoms with Crippen LogP contribution in [0.15, 0.2) is 57.7 Å². The second-order valence-corrected chi connectivity index (χ2v) is 5.63. The molecule has 3 aromatic rings. The van der Waals surface area contributed by atoms with Gasteiger partial charge in [-0.15, -0.1) is 0 Å². The second kappa shape index (κ2) is 6.31. The third-order valence-electron chi connectivity index (χ3n) is 4.02. The zero-order valence-corrected chi connectivity index (χ0v) is 13.3. The standard InChI is InChI=1S/C18H17FN2O3/c1-11(13-7-3-4-8-14(13)19)20-17(22)12(2)21-15-9-5-6-10-16(15)24-18(21)23/h3-12H,1-2H3,(H,20,22). The molecule has 0 bridgehead atoms. The highest BCUT2D eigenvalue weighted by molar-refractivity contribution is 5.83. The summed E-state index contributed by atoms with van der Waals surface area (Å²) in [7, 11) is 0. The van der Waals surface area contributed by atoms with Gasteiger partial charge in [0.05, 0.1) is 11.6 Å². The van der Waals surface area contributed by atoms with Crippen molar-refractivity contribution in [2.45, 2.75) is 25.9 Å². The minimum atomic E-state index is -0.782. The zero-order chi connectivity index (χ0) is 17.3. The van der Waals surface area contributed by atoms with E-state index in [1.165, 1.54) is 10.6 Å². The number of hydrogen-bond acceptors (Lipinski definition) is 3. The largest absolute Gasteiger partial charge is 0.420 e. The van der Waals surface area contributed by atoms with Crippen LogP contribution < -0.4 is 11.1 Å². The van der Waals surface area contributed by atoms with E-state index in [0.29, 0.717) is 16.7 Å². The predicted octanol–water partition coefficient (Wildman–Crippen LogP) is 3.17. The maximum Gasteiger partial charge on any atom is 0.420 e. The van der Waals surface area contributed by atoms with Gasteiger partial charge in [0.1, 0.15) is 11.9 Å². The zero-order valence-electron chi connectivity index (χ0n) is 13.3. The number of benzene rings is 2. The van der Waals surface area contributed by atoms with Crippen LogP contribution in [0.2, 0.25) is 0 Å². The van der Waals surface area contributed by atoms with Crippen molar-refractivity contribution in [2.24, 2.45) is 0 Å². The molecule has 24 heavy (non-hydrogen) atoms. The normalized spacial score (nSPS) is 13.6. The van der Waals surface area contributed by atoms with E-state index in [0.717, 1.165) is 0 Å². The van der Waals surface area contributed by atoms with Crippen molar-refractivity contribution in [3.63, 3.8) is 0 Å². The third kappa shape index (κ3) is 2.82. The number of nitrogens with one attached hydrogen (secondary N) is 1. The molecule has 0 aliphatic heterocycles. The molecule has 1 heterocycles. The van der Waals surface area contributed by atoms with Crippen molar-refractivity contribution >= 4 is 17.0 Å². The lowest BCUT2D eigenvalue weighted by atomic mass is 10.1. The van der Waals surface area contributed by atoms with E-state index in [1.807, 2.05) is 0 Å². The van der Waals surface area contributed by atoms with Crippen LogP contribution in [0.3, 0.4) is 0 Å². The molecule has 5 nitrogen and oxygen atoms in total. The molecule has 2 unspecified atom stereocenters. The van der Waals surface area contributed by atoms with Crippen LogP contribution >= 0.6 is 0 Å². The van der Waals surface area contributed by atoms with Gasteiger partial charge in [0.15, 0.2) is 5.58 Å². The minimum Gasteiger partial charge on any atom is -0.408 e. The molecule has 2 aromatic carbocycles. The van der Waals surface area contributed by atoms with Gasteiger partial charge in [-0.05, 0) is 32.0 Å². The van der Waals surface area contributed by atoms with E-state index in [-0.39, 0.29) is 11.7 Å². The lowest BCUT2D eigenvalue weighted by Gasteiger charge is -2.19. The molecule has 0 radical (unpaired) electrons. The van der Waals surface area contributed by atoms with Gasteiger partial charge in [-0.2, -0.15) is 0 Å². The van der Waals surface area contributed by atoms with E-state index >= 15 is 0 Å². The van der Waals surface area contributed by atoms with Crippen molar-refractivity contribution in [1.29, 1.82) is 0 Å². The lowest BCUT2D eigenvalue weighted by molar-refractivity contribution is -0.124. The fourth-order valence-corrected chi connectivity index (χ4v) is 2.71. The molecule has 0 saturated carbocycles. The lowest BCUT2D eigenvalue weighted by Crippen LogP contribution is -2.36. The Morgan fingerprint density at radius 2 is 1.79 bits per heavy atom. The monoisotopic (exact) mass is 328 g/mol. The summed E-state index contributed by atoms with van der Waals surface area (Å²) < 4.78 is 20.3. The summed E-state index contributed by atoms with van der Waals surface area (Å²) in [5, 5.41) is 2.74. The predicted molar refractivity (Wildman–Crippen MR) is 88.1 cm³/mol. The number of aromatic nitrogens is 1.